The summed E-state index contributed by atoms with van der Waals surface area (Å²) in [4.78, 5) is 23.5. The largest absolute Gasteiger partial charge is 0.497 e. The Morgan fingerprint density at radius 3 is 2.68 bits per heavy atom. The molecule has 22 heavy (non-hydrogen) atoms. The third-order valence-corrected chi connectivity index (χ3v) is 3.84. The number of nitrogens with zero attached hydrogens (tertiary/aromatic N) is 2. The average Bonchev–Trinajstić information content (AvgIpc) is 2.88. The van der Waals surface area contributed by atoms with Gasteiger partial charge in [-0.15, -0.1) is 0 Å². The van der Waals surface area contributed by atoms with Crippen LogP contribution in [0.4, 0.5) is 0 Å². The summed E-state index contributed by atoms with van der Waals surface area (Å²) >= 11 is 0. The van der Waals surface area contributed by atoms with Crippen LogP contribution in [-0.4, -0.2) is 33.7 Å². The van der Waals surface area contributed by atoms with Crippen LogP contribution in [0.25, 0.3) is 0 Å². The number of fused-ring (bicyclic) bond motifs is 1. The standard InChI is InChI=1S/C16H16N2O4/c1-22-11-7-5-10(6-8-11)9-18-15-12(3-2-4-13(15)19)14(17-18)16(20)21/h5-8H,2-4,9H2,1H3,(H,20,21). The first-order valence-corrected chi connectivity index (χ1v) is 7.09. The summed E-state index contributed by atoms with van der Waals surface area (Å²) in [5.74, 6) is -0.372. The van der Waals surface area contributed by atoms with Gasteiger partial charge in [0.15, 0.2) is 11.5 Å². The Bertz CT molecular complexity index is 731. The first-order valence-electron chi connectivity index (χ1n) is 7.09. The molecule has 1 aliphatic carbocycles. The molecule has 0 spiro atoms. The number of carboxylic acids is 1. The summed E-state index contributed by atoms with van der Waals surface area (Å²) in [5, 5.41) is 13.4. The van der Waals surface area contributed by atoms with Crippen LogP contribution in [0.1, 0.15) is 44.9 Å². The van der Waals surface area contributed by atoms with E-state index in [9.17, 15) is 14.7 Å². The van der Waals surface area contributed by atoms with E-state index in [-0.39, 0.29) is 11.5 Å². The molecule has 1 N–H and O–H groups in total. The average molecular weight is 300 g/mol. The van der Waals surface area contributed by atoms with Gasteiger partial charge in [-0.1, -0.05) is 12.1 Å². The zero-order chi connectivity index (χ0) is 15.7. The zero-order valence-electron chi connectivity index (χ0n) is 12.2. The summed E-state index contributed by atoms with van der Waals surface area (Å²) in [6, 6.07) is 7.40. The number of ketones is 1. The highest BCUT2D eigenvalue weighted by atomic mass is 16.5. The van der Waals surface area contributed by atoms with E-state index >= 15 is 0 Å². The Labute approximate surface area is 127 Å². The normalized spacial score (nSPS) is 13.8. The van der Waals surface area contributed by atoms with Gasteiger partial charge in [-0.05, 0) is 30.5 Å². The third kappa shape index (κ3) is 2.47. The maximum Gasteiger partial charge on any atom is 0.356 e. The summed E-state index contributed by atoms with van der Waals surface area (Å²) in [5.41, 5.74) is 1.94. The van der Waals surface area contributed by atoms with Crippen LogP contribution in [0, 0.1) is 0 Å². The van der Waals surface area contributed by atoms with E-state index < -0.39 is 5.97 Å². The van der Waals surface area contributed by atoms with E-state index in [1.54, 1.807) is 7.11 Å². The van der Waals surface area contributed by atoms with Gasteiger partial charge in [0, 0.05) is 12.0 Å². The molecule has 1 heterocycles. The van der Waals surface area contributed by atoms with Gasteiger partial charge in [0.2, 0.25) is 0 Å². The van der Waals surface area contributed by atoms with Gasteiger partial charge >= 0.3 is 5.97 Å². The maximum atomic E-state index is 12.2. The number of aromatic nitrogens is 2. The number of benzene rings is 1. The van der Waals surface area contributed by atoms with Crippen molar-refractivity contribution in [1.82, 2.24) is 9.78 Å². The van der Waals surface area contributed by atoms with Gasteiger partial charge in [-0.2, -0.15) is 5.10 Å². The lowest BCUT2D eigenvalue weighted by atomic mass is 9.94. The second-order valence-corrected chi connectivity index (χ2v) is 5.26. The van der Waals surface area contributed by atoms with Gasteiger partial charge in [0.05, 0.1) is 13.7 Å². The molecule has 114 valence electrons. The zero-order valence-corrected chi connectivity index (χ0v) is 12.2. The predicted molar refractivity (Wildman–Crippen MR) is 78.6 cm³/mol. The fourth-order valence-electron chi connectivity index (χ4n) is 2.78. The third-order valence-electron chi connectivity index (χ3n) is 3.84. The van der Waals surface area contributed by atoms with Gasteiger partial charge in [-0.25, -0.2) is 4.79 Å². The molecule has 0 aliphatic heterocycles. The summed E-state index contributed by atoms with van der Waals surface area (Å²) in [6.07, 6.45) is 1.71. The lowest BCUT2D eigenvalue weighted by Gasteiger charge is -2.13. The number of carboxylic acid groups (broad SMARTS) is 1. The molecule has 0 saturated heterocycles. The highest BCUT2D eigenvalue weighted by molar-refractivity contribution is 6.00. The molecule has 1 aromatic heterocycles. The highest BCUT2D eigenvalue weighted by Crippen LogP contribution is 2.25. The monoisotopic (exact) mass is 300 g/mol. The Morgan fingerprint density at radius 1 is 1.32 bits per heavy atom. The van der Waals surface area contributed by atoms with Crippen molar-refractivity contribution in [1.29, 1.82) is 0 Å². The summed E-state index contributed by atoms with van der Waals surface area (Å²) in [7, 11) is 1.59. The number of carbonyl (C=O) groups is 2. The van der Waals surface area contributed by atoms with Gasteiger partial charge < -0.3 is 9.84 Å². The minimum Gasteiger partial charge on any atom is -0.497 e. The second-order valence-electron chi connectivity index (χ2n) is 5.26. The fourth-order valence-corrected chi connectivity index (χ4v) is 2.78. The van der Waals surface area contributed by atoms with E-state index in [0.29, 0.717) is 37.1 Å². The topological polar surface area (TPSA) is 81.4 Å². The molecule has 2 aromatic rings. The first kappa shape index (κ1) is 14.3. The van der Waals surface area contributed by atoms with Gasteiger partial charge in [0.25, 0.3) is 0 Å². The van der Waals surface area contributed by atoms with Crippen molar-refractivity contribution in [3.05, 3.63) is 46.8 Å². The van der Waals surface area contributed by atoms with Crippen molar-refractivity contribution in [3.63, 3.8) is 0 Å². The SMILES string of the molecule is COc1ccc(Cn2nc(C(=O)O)c3c2C(=O)CCC3)cc1. The minimum absolute atomic E-state index is 0.00318. The number of aromatic carboxylic acids is 1. The molecule has 0 amide bonds. The molecule has 0 saturated carbocycles. The predicted octanol–water partition coefficient (Wildman–Crippen LogP) is 2.16. The Hall–Kier alpha value is -2.63. The number of hydrogen-bond acceptors (Lipinski definition) is 4. The number of rotatable bonds is 4. The quantitative estimate of drug-likeness (QED) is 0.935. The molecule has 0 bridgehead atoms. The van der Waals surface area contributed by atoms with Crippen molar-refractivity contribution in [2.24, 2.45) is 0 Å². The second kappa shape index (κ2) is 5.63. The van der Waals surface area contributed by atoms with Crippen LogP contribution >= 0.6 is 0 Å². The smallest absolute Gasteiger partial charge is 0.356 e. The number of hydrogen-bond donors (Lipinski definition) is 1. The van der Waals surface area contributed by atoms with E-state index in [1.165, 1.54) is 4.68 Å². The van der Waals surface area contributed by atoms with E-state index in [4.69, 9.17) is 4.74 Å². The van der Waals surface area contributed by atoms with Crippen LogP contribution < -0.4 is 4.74 Å². The lowest BCUT2D eigenvalue weighted by Crippen LogP contribution is -2.16. The molecule has 1 aliphatic rings. The minimum atomic E-state index is -1.08. The Morgan fingerprint density at radius 2 is 2.05 bits per heavy atom. The first-order chi connectivity index (χ1) is 10.6. The van der Waals surface area contributed by atoms with Gasteiger partial charge in [-0.3, -0.25) is 9.48 Å². The van der Waals surface area contributed by atoms with E-state index in [0.717, 1.165) is 11.3 Å². The molecule has 3 rings (SSSR count). The van der Waals surface area contributed by atoms with Crippen LogP contribution in [0.15, 0.2) is 24.3 Å². The van der Waals surface area contributed by atoms with Crippen molar-refractivity contribution in [2.45, 2.75) is 25.8 Å². The Balaban J connectivity index is 1.99. The summed E-state index contributed by atoms with van der Waals surface area (Å²) < 4.78 is 6.62. The molecule has 6 heteroatoms. The molecule has 1 aromatic carbocycles. The molecule has 6 nitrogen and oxygen atoms in total. The van der Waals surface area contributed by atoms with Crippen LogP contribution in [0.3, 0.4) is 0 Å². The van der Waals surface area contributed by atoms with Crippen LogP contribution in [0.5, 0.6) is 5.75 Å². The molecule has 0 unspecified atom stereocenters. The molecule has 0 fully saturated rings. The molecular formula is C16H16N2O4. The lowest BCUT2D eigenvalue weighted by molar-refractivity contribution is 0.0688. The number of carbonyl (C=O) groups excluding carboxylic acids is 1. The van der Waals surface area contributed by atoms with Crippen molar-refractivity contribution in [3.8, 4) is 5.75 Å². The molecular weight excluding hydrogens is 284 g/mol. The van der Waals surface area contributed by atoms with Crippen LogP contribution in [-0.2, 0) is 13.0 Å². The van der Waals surface area contributed by atoms with Crippen LogP contribution in [0.2, 0.25) is 0 Å². The number of ether oxygens (including phenoxy) is 1. The molecule has 0 radical (unpaired) electrons. The van der Waals surface area contributed by atoms with Crippen molar-refractivity contribution in [2.75, 3.05) is 7.11 Å². The summed E-state index contributed by atoms with van der Waals surface area (Å²) in [6.45, 7) is 0.366. The van der Waals surface area contributed by atoms with E-state index in [2.05, 4.69) is 5.10 Å². The van der Waals surface area contributed by atoms with Crippen molar-refractivity contribution < 1.29 is 19.4 Å². The fraction of sp³-hybridized carbons (Fsp3) is 0.312. The Kier molecular flexibility index (Phi) is 3.66. The maximum absolute atomic E-state index is 12.2. The van der Waals surface area contributed by atoms with E-state index in [1.807, 2.05) is 24.3 Å². The van der Waals surface area contributed by atoms with Crippen molar-refractivity contribution >= 4 is 11.8 Å². The van der Waals surface area contributed by atoms with Gasteiger partial charge in [0.1, 0.15) is 11.4 Å². The number of Topliss-reactive ketones (excluding diaryl/α,β-unsaturated/α-hetero) is 1. The highest BCUT2D eigenvalue weighted by Gasteiger charge is 2.29. The number of methoxy groups -OCH3 is 1. The molecule has 0 atom stereocenters.